The number of hydrogen-bond donors (Lipinski definition) is 2. The third kappa shape index (κ3) is 6.13. The highest BCUT2D eigenvalue weighted by atomic mass is 32.2. The highest BCUT2D eigenvalue weighted by Crippen LogP contribution is 2.07. The van der Waals surface area contributed by atoms with Crippen molar-refractivity contribution < 1.29 is 27.1 Å². The normalized spacial score (nSPS) is 11.2. The second-order valence-corrected chi connectivity index (χ2v) is 7.63. The van der Waals surface area contributed by atoms with Crippen LogP contribution < -0.4 is 10.0 Å². The Kier molecular flexibility index (Phi) is 7.24. The highest BCUT2D eigenvalue weighted by Gasteiger charge is 2.18. The SMILES string of the molecule is Cc1nc(S(=O)(=O)NCCC(=O)OCC(=O)NCc2ccccc2F)cn1C. The van der Waals surface area contributed by atoms with Gasteiger partial charge in [0.15, 0.2) is 11.6 Å². The van der Waals surface area contributed by atoms with Crippen LogP contribution in [0.3, 0.4) is 0 Å². The molecular formula is C17H21FN4O5S. The minimum absolute atomic E-state index is 0.0354. The first-order valence-electron chi connectivity index (χ1n) is 8.34. The number of halogens is 1. The lowest BCUT2D eigenvalue weighted by Gasteiger charge is -2.08. The summed E-state index contributed by atoms with van der Waals surface area (Å²) >= 11 is 0. The minimum Gasteiger partial charge on any atom is -0.456 e. The van der Waals surface area contributed by atoms with Crippen LogP contribution in [0.5, 0.6) is 0 Å². The Labute approximate surface area is 162 Å². The smallest absolute Gasteiger partial charge is 0.307 e. The van der Waals surface area contributed by atoms with Crippen molar-refractivity contribution in [1.29, 1.82) is 0 Å². The van der Waals surface area contributed by atoms with Gasteiger partial charge in [0.05, 0.1) is 6.42 Å². The number of aryl methyl sites for hydroxylation is 2. The van der Waals surface area contributed by atoms with E-state index in [1.807, 2.05) is 0 Å². The van der Waals surface area contributed by atoms with E-state index in [-0.39, 0.29) is 24.5 Å². The zero-order valence-corrected chi connectivity index (χ0v) is 16.3. The second-order valence-electron chi connectivity index (χ2n) is 5.91. The maximum absolute atomic E-state index is 13.4. The molecule has 0 saturated heterocycles. The summed E-state index contributed by atoms with van der Waals surface area (Å²) < 4.78 is 46.1. The van der Waals surface area contributed by atoms with Gasteiger partial charge in [-0.2, -0.15) is 0 Å². The van der Waals surface area contributed by atoms with Crippen molar-refractivity contribution in [2.24, 2.45) is 7.05 Å². The van der Waals surface area contributed by atoms with Crippen molar-refractivity contribution >= 4 is 21.9 Å². The molecule has 9 nitrogen and oxygen atoms in total. The van der Waals surface area contributed by atoms with Crippen LogP contribution in [0.2, 0.25) is 0 Å². The highest BCUT2D eigenvalue weighted by molar-refractivity contribution is 7.89. The maximum Gasteiger partial charge on any atom is 0.307 e. The van der Waals surface area contributed by atoms with Crippen LogP contribution in [0, 0.1) is 12.7 Å². The number of hydrogen-bond acceptors (Lipinski definition) is 6. The summed E-state index contributed by atoms with van der Waals surface area (Å²) in [5.74, 6) is -1.27. The predicted molar refractivity (Wildman–Crippen MR) is 97.0 cm³/mol. The Hall–Kier alpha value is -2.79. The molecule has 0 unspecified atom stereocenters. The summed E-state index contributed by atoms with van der Waals surface area (Å²) in [6.45, 7) is 0.882. The van der Waals surface area contributed by atoms with Gasteiger partial charge < -0.3 is 14.6 Å². The van der Waals surface area contributed by atoms with E-state index in [0.717, 1.165) is 0 Å². The van der Waals surface area contributed by atoms with Gasteiger partial charge in [-0.1, -0.05) is 18.2 Å². The number of carbonyl (C=O) groups is 2. The van der Waals surface area contributed by atoms with Crippen LogP contribution in [0.25, 0.3) is 0 Å². The Bertz CT molecular complexity index is 939. The van der Waals surface area contributed by atoms with Crippen LogP contribution >= 0.6 is 0 Å². The molecule has 2 aromatic rings. The number of esters is 1. The number of rotatable bonds is 9. The summed E-state index contributed by atoms with van der Waals surface area (Å²) in [5.41, 5.74) is 0.307. The number of amides is 1. The van der Waals surface area contributed by atoms with E-state index in [2.05, 4.69) is 15.0 Å². The molecule has 0 aliphatic carbocycles. The molecule has 2 N–H and O–H groups in total. The van der Waals surface area contributed by atoms with Crippen LogP contribution in [0.4, 0.5) is 4.39 Å². The van der Waals surface area contributed by atoms with Gasteiger partial charge in [-0.05, 0) is 13.0 Å². The van der Waals surface area contributed by atoms with Gasteiger partial charge in [-0.3, -0.25) is 9.59 Å². The van der Waals surface area contributed by atoms with Gasteiger partial charge in [-0.25, -0.2) is 22.5 Å². The van der Waals surface area contributed by atoms with E-state index < -0.39 is 34.3 Å². The molecule has 0 atom stereocenters. The molecule has 0 radical (unpaired) electrons. The van der Waals surface area contributed by atoms with Gasteiger partial charge in [0.1, 0.15) is 11.6 Å². The van der Waals surface area contributed by atoms with Crippen molar-refractivity contribution in [3.63, 3.8) is 0 Å². The first-order chi connectivity index (χ1) is 13.2. The van der Waals surface area contributed by atoms with Gasteiger partial charge >= 0.3 is 5.97 Å². The van der Waals surface area contributed by atoms with Crippen LogP contribution in [-0.2, 0) is 37.9 Å². The number of nitrogens with one attached hydrogen (secondary N) is 2. The lowest BCUT2D eigenvalue weighted by atomic mass is 10.2. The number of nitrogens with zero attached hydrogens (tertiary/aromatic N) is 2. The van der Waals surface area contributed by atoms with E-state index in [4.69, 9.17) is 4.74 Å². The number of aromatic nitrogens is 2. The molecule has 2 rings (SSSR count). The zero-order valence-electron chi connectivity index (χ0n) is 15.4. The molecular weight excluding hydrogens is 391 g/mol. The molecule has 11 heteroatoms. The van der Waals surface area contributed by atoms with Gasteiger partial charge in [0, 0.05) is 31.9 Å². The molecule has 0 aliphatic rings. The monoisotopic (exact) mass is 412 g/mol. The average molecular weight is 412 g/mol. The van der Waals surface area contributed by atoms with Crippen LogP contribution in [0.15, 0.2) is 35.5 Å². The van der Waals surface area contributed by atoms with Crippen LogP contribution in [0.1, 0.15) is 17.8 Å². The number of imidazole rings is 1. The summed E-state index contributed by atoms with van der Waals surface area (Å²) in [4.78, 5) is 27.2. The third-order valence-corrected chi connectivity index (χ3v) is 5.11. The minimum atomic E-state index is -3.84. The van der Waals surface area contributed by atoms with E-state index in [1.165, 1.54) is 24.4 Å². The first-order valence-corrected chi connectivity index (χ1v) is 9.82. The molecule has 0 bridgehead atoms. The number of benzene rings is 1. The summed E-state index contributed by atoms with van der Waals surface area (Å²) in [6.07, 6.45) is 1.10. The first kappa shape index (κ1) is 21.5. The summed E-state index contributed by atoms with van der Waals surface area (Å²) in [5, 5.41) is 2.28. The molecule has 1 heterocycles. The summed E-state index contributed by atoms with van der Waals surface area (Å²) in [7, 11) is -2.17. The Balaban J connectivity index is 1.69. The van der Waals surface area contributed by atoms with Crippen molar-refractivity contribution in [3.05, 3.63) is 47.7 Å². The largest absolute Gasteiger partial charge is 0.456 e. The Morgan fingerprint density at radius 2 is 2.00 bits per heavy atom. The standard InChI is InChI=1S/C17H21FN4O5S/c1-12-21-16(10-22(12)2)28(25,26)20-8-7-17(24)27-11-15(23)19-9-13-5-3-4-6-14(13)18/h3-6,10,20H,7-9,11H2,1-2H3,(H,19,23). The average Bonchev–Trinajstić information content (AvgIpc) is 2.99. The van der Waals surface area contributed by atoms with E-state index in [1.54, 1.807) is 24.6 Å². The molecule has 1 amide bonds. The summed E-state index contributed by atoms with van der Waals surface area (Å²) in [6, 6.07) is 5.97. The number of carbonyl (C=O) groups excluding carboxylic acids is 2. The molecule has 0 aliphatic heterocycles. The lowest BCUT2D eigenvalue weighted by Crippen LogP contribution is -2.30. The number of sulfonamides is 1. The van der Waals surface area contributed by atoms with Crippen molar-refractivity contribution in [3.8, 4) is 0 Å². The third-order valence-electron chi connectivity index (χ3n) is 3.78. The van der Waals surface area contributed by atoms with Crippen molar-refractivity contribution in [1.82, 2.24) is 19.6 Å². The van der Waals surface area contributed by atoms with Crippen molar-refractivity contribution in [2.75, 3.05) is 13.2 Å². The zero-order chi connectivity index (χ0) is 20.7. The van der Waals surface area contributed by atoms with Crippen molar-refractivity contribution in [2.45, 2.75) is 24.9 Å². The fourth-order valence-electron chi connectivity index (χ4n) is 2.12. The molecule has 0 saturated carbocycles. The molecule has 0 fully saturated rings. The fraction of sp³-hybridized carbons (Fsp3) is 0.353. The molecule has 28 heavy (non-hydrogen) atoms. The maximum atomic E-state index is 13.4. The van der Waals surface area contributed by atoms with Gasteiger partial charge in [0.25, 0.3) is 15.9 Å². The second kappa shape index (κ2) is 9.42. The Morgan fingerprint density at radius 3 is 2.64 bits per heavy atom. The van der Waals surface area contributed by atoms with Gasteiger partial charge in [-0.15, -0.1) is 0 Å². The quantitative estimate of drug-likeness (QED) is 0.575. The molecule has 152 valence electrons. The topological polar surface area (TPSA) is 119 Å². The number of ether oxygens (including phenoxy) is 1. The predicted octanol–water partition coefficient (Wildman–Crippen LogP) is 0.396. The van der Waals surface area contributed by atoms with Crippen LogP contribution in [-0.4, -0.2) is 43.0 Å². The molecule has 1 aromatic carbocycles. The Morgan fingerprint density at radius 1 is 1.29 bits per heavy atom. The molecule has 1 aromatic heterocycles. The fourth-order valence-corrected chi connectivity index (χ4v) is 3.19. The lowest BCUT2D eigenvalue weighted by molar-refractivity contribution is -0.148. The van der Waals surface area contributed by atoms with E-state index in [9.17, 15) is 22.4 Å². The van der Waals surface area contributed by atoms with E-state index >= 15 is 0 Å². The van der Waals surface area contributed by atoms with E-state index in [0.29, 0.717) is 11.4 Å². The van der Waals surface area contributed by atoms with Gasteiger partial charge in [0.2, 0.25) is 0 Å². The molecule has 0 spiro atoms.